The average molecular weight is 684 g/mol. The summed E-state index contributed by atoms with van der Waals surface area (Å²) < 4.78 is 12.4. The number of pyridine rings is 1. The second-order valence-electron chi connectivity index (χ2n) is 9.48. The topological polar surface area (TPSA) is 112 Å². The number of fused-ring (bicyclic) bond motifs is 1. The van der Waals surface area contributed by atoms with Gasteiger partial charge in [-0.15, -0.1) is 0 Å². The van der Waals surface area contributed by atoms with Gasteiger partial charge in [-0.25, -0.2) is 4.98 Å². The van der Waals surface area contributed by atoms with E-state index in [1.165, 1.54) is 14.2 Å². The minimum Gasteiger partial charge on any atom is -0.495 e. The molecule has 0 bridgehead atoms. The number of nitrogens with zero attached hydrogens (tertiary/aromatic N) is 3. The number of methoxy groups -OCH3 is 2. The number of hydrogen-bond donors (Lipinski definition) is 1. The minimum atomic E-state index is -0.336. The second kappa shape index (κ2) is 22.6. The quantitative estimate of drug-likeness (QED) is 0.124. The average Bonchev–Trinajstić information content (AvgIpc) is 3.07. The Hall–Kier alpha value is -3.89. The molecule has 0 amide bonds. The van der Waals surface area contributed by atoms with E-state index in [0.29, 0.717) is 59.9 Å². The van der Waals surface area contributed by atoms with Crippen molar-refractivity contribution in [3.8, 4) is 22.6 Å². The first-order valence-electron chi connectivity index (χ1n) is 15.4. The number of aromatic nitrogens is 3. The van der Waals surface area contributed by atoms with E-state index in [-0.39, 0.29) is 47.7 Å². The molecule has 0 unspecified atom stereocenters. The SMILES string of the molecule is CC.CC.CCC(C)=O.COc1cc(OC)c(Cl)c(-c2cc3cnc(NCCCC(C)=O)nc3n(Cc3ccccc3)c2=O)c1Cl.[B]. The number of Topliss-reactive ketones (excluding diaryl/α,β-unsaturated/α-hetero) is 2. The first-order chi connectivity index (χ1) is 22.1. The number of anilines is 1. The van der Waals surface area contributed by atoms with Crippen LogP contribution < -0.4 is 20.3 Å². The van der Waals surface area contributed by atoms with Crippen molar-refractivity contribution < 1.29 is 19.1 Å². The number of rotatable bonds is 11. The summed E-state index contributed by atoms with van der Waals surface area (Å²) >= 11 is 13.3. The Morgan fingerprint density at radius 3 is 1.96 bits per heavy atom. The Bertz CT molecular complexity index is 1600. The maximum atomic E-state index is 14.0. The zero-order valence-corrected chi connectivity index (χ0v) is 30.4. The highest BCUT2D eigenvalue weighted by molar-refractivity contribution is 6.41. The van der Waals surface area contributed by atoms with Crippen LogP contribution in [0.3, 0.4) is 0 Å². The van der Waals surface area contributed by atoms with Gasteiger partial charge in [0.25, 0.3) is 5.56 Å². The highest BCUT2D eigenvalue weighted by atomic mass is 35.5. The van der Waals surface area contributed by atoms with Crippen LogP contribution in [-0.4, -0.2) is 55.3 Å². The summed E-state index contributed by atoms with van der Waals surface area (Å²) in [5.74, 6) is 1.40. The largest absolute Gasteiger partial charge is 0.495 e. The molecule has 4 aromatic rings. The van der Waals surface area contributed by atoms with Gasteiger partial charge in [-0.2, -0.15) is 4.98 Å². The van der Waals surface area contributed by atoms with Crippen LogP contribution in [0.2, 0.25) is 10.0 Å². The molecule has 0 aliphatic carbocycles. The van der Waals surface area contributed by atoms with Gasteiger partial charge < -0.3 is 24.4 Å². The van der Waals surface area contributed by atoms with Crippen LogP contribution in [0.25, 0.3) is 22.2 Å². The van der Waals surface area contributed by atoms with Crippen molar-refractivity contribution in [3.63, 3.8) is 0 Å². The van der Waals surface area contributed by atoms with Gasteiger partial charge in [0.05, 0.1) is 36.4 Å². The molecule has 47 heavy (non-hydrogen) atoms. The third-order valence-corrected chi connectivity index (χ3v) is 7.09. The van der Waals surface area contributed by atoms with Gasteiger partial charge in [-0.05, 0) is 31.9 Å². The summed E-state index contributed by atoms with van der Waals surface area (Å²) in [5.41, 5.74) is 1.60. The summed E-state index contributed by atoms with van der Waals surface area (Å²) in [5, 5.41) is 4.14. The highest BCUT2D eigenvalue weighted by Gasteiger charge is 2.23. The van der Waals surface area contributed by atoms with E-state index < -0.39 is 0 Å². The zero-order chi connectivity index (χ0) is 34.8. The molecular formula is C35H46BCl2N4O5. The maximum Gasteiger partial charge on any atom is 0.260 e. The summed E-state index contributed by atoms with van der Waals surface area (Å²) in [7, 11) is 2.95. The molecule has 2 heterocycles. The molecule has 12 heteroatoms. The minimum absolute atomic E-state index is 0. The first kappa shape index (κ1) is 43.1. The number of nitrogens with one attached hydrogen (secondary N) is 1. The molecule has 0 aliphatic heterocycles. The van der Waals surface area contributed by atoms with Gasteiger partial charge in [0.2, 0.25) is 5.95 Å². The predicted octanol–water partition coefficient (Wildman–Crippen LogP) is 8.27. The molecule has 0 fully saturated rings. The van der Waals surface area contributed by atoms with Gasteiger partial charge in [0.1, 0.15) is 28.7 Å². The van der Waals surface area contributed by atoms with Gasteiger partial charge in [0, 0.05) is 51.0 Å². The number of carbonyl (C=O) groups is 2. The second-order valence-corrected chi connectivity index (χ2v) is 10.2. The summed E-state index contributed by atoms with van der Waals surface area (Å²) in [6.45, 7) is 13.8. The van der Waals surface area contributed by atoms with Gasteiger partial charge in [0.15, 0.2) is 0 Å². The lowest BCUT2D eigenvalue weighted by molar-refractivity contribution is -0.117. The van der Waals surface area contributed by atoms with Crippen LogP contribution in [0, 0.1) is 0 Å². The third-order valence-electron chi connectivity index (χ3n) is 6.34. The molecule has 253 valence electrons. The monoisotopic (exact) mass is 683 g/mol. The molecule has 1 N–H and O–H groups in total. The molecule has 0 spiro atoms. The van der Waals surface area contributed by atoms with E-state index in [1.807, 2.05) is 65.0 Å². The maximum absolute atomic E-state index is 14.0. The van der Waals surface area contributed by atoms with E-state index in [0.717, 1.165) is 5.56 Å². The Kier molecular flexibility index (Phi) is 20.7. The van der Waals surface area contributed by atoms with Crippen molar-refractivity contribution in [2.24, 2.45) is 0 Å². The van der Waals surface area contributed by atoms with Crippen molar-refractivity contribution in [2.75, 3.05) is 26.1 Å². The lowest BCUT2D eigenvalue weighted by Crippen LogP contribution is -2.24. The fourth-order valence-electron chi connectivity index (χ4n) is 4.00. The van der Waals surface area contributed by atoms with Gasteiger partial charge in [-0.1, -0.05) is 88.2 Å². The molecule has 0 saturated carbocycles. The molecule has 2 aromatic carbocycles. The predicted molar refractivity (Wildman–Crippen MR) is 196 cm³/mol. The molecule has 0 atom stereocenters. The highest BCUT2D eigenvalue weighted by Crippen LogP contribution is 2.45. The van der Waals surface area contributed by atoms with Crippen molar-refractivity contribution in [3.05, 3.63) is 74.6 Å². The van der Waals surface area contributed by atoms with E-state index >= 15 is 0 Å². The van der Waals surface area contributed by atoms with Crippen molar-refractivity contribution in [1.82, 2.24) is 14.5 Å². The van der Waals surface area contributed by atoms with E-state index in [1.54, 1.807) is 36.7 Å². The van der Waals surface area contributed by atoms with Crippen LogP contribution in [0.5, 0.6) is 11.5 Å². The van der Waals surface area contributed by atoms with E-state index in [4.69, 9.17) is 32.7 Å². The molecule has 9 nitrogen and oxygen atoms in total. The van der Waals surface area contributed by atoms with Crippen LogP contribution in [-0.2, 0) is 16.1 Å². The van der Waals surface area contributed by atoms with E-state index in [9.17, 15) is 14.4 Å². The fraction of sp³-hybridized carbons (Fsp3) is 0.400. The van der Waals surface area contributed by atoms with Crippen LogP contribution in [0.4, 0.5) is 5.95 Å². The molecule has 3 radical (unpaired) electrons. The van der Waals surface area contributed by atoms with Crippen molar-refractivity contribution in [1.29, 1.82) is 0 Å². The van der Waals surface area contributed by atoms with Crippen LogP contribution in [0.15, 0.2) is 53.5 Å². The van der Waals surface area contributed by atoms with Gasteiger partial charge >= 0.3 is 0 Å². The normalized spacial score (nSPS) is 9.68. The Morgan fingerprint density at radius 2 is 1.47 bits per heavy atom. The zero-order valence-electron chi connectivity index (χ0n) is 28.9. The number of benzene rings is 2. The fourth-order valence-corrected chi connectivity index (χ4v) is 4.70. The van der Waals surface area contributed by atoms with Crippen LogP contribution >= 0.6 is 23.2 Å². The summed E-state index contributed by atoms with van der Waals surface area (Å²) in [6.07, 6.45) is 3.43. The third kappa shape index (κ3) is 12.3. The standard InChI is InChI=1S/C27H26Cl2N4O4.C4H8O.2C2H6.B/c1-16(34)8-7-11-30-27-31-14-18-12-19(22-23(28)20(36-2)13-21(37-3)24(22)29)26(35)33(25(18)32-27)15-17-9-5-4-6-10-17;1-3-4(2)5;2*1-2;/h4-6,9-10,12-14H,7-8,11,15H2,1-3H3,(H,30,31,32);3H2,1-2H3;2*1-2H3;. The summed E-state index contributed by atoms with van der Waals surface area (Å²) in [6, 6.07) is 12.8. The van der Waals surface area contributed by atoms with Crippen molar-refractivity contribution in [2.45, 2.75) is 74.3 Å². The number of hydrogen-bond acceptors (Lipinski definition) is 8. The molecule has 4 rings (SSSR count). The first-order valence-corrected chi connectivity index (χ1v) is 16.1. The lowest BCUT2D eigenvalue weighted by atomic mass is 10.0. The Labute approximate surface area is 290 Å². The van der Waals surface area contributed by atoms with Crippen LogP contribution in [0.1, 0.15) is 73.3 Å². The summed E-state index contributed by atoms with van der Waals surface area (Å²) in [4.78, 5) is 44.1. The molecule has 0 saturated heterocycles. The Morgan fingerprint density at radius 1 is 0.915 bits per heavy atom. The number of carbonyl (C=O) groups excluding carboxylic acids is 2. The Balaban J connectivity index is 0.00000190. The number of ether oxygens (including phenoxy) is 2. The lowest BCUT2D eigenvalue weighted by Gasteiger charge is -2.17. The van der Waals surface area contributed by atoms with E-state index in [2.05, 4.69) is 15.3 Å². The smallest absolute Gasteiger partial charge is 0.260 e. The van der Waals surface area contributed by atoms with Crippen molar-refractivity contribution >= 4 is 60.2 Å². The number of halogens is 2. The molecule has 2 aromatic heterocycles. The molecular weight excluding hydrogens is 638 g/mol. The number of ketones is 2. The van der Waals surface area contributed by atoms with Gasteiger partial charge in [-0.3, -0.25) is 9.36 Å². The molecule has 0 aliphatic rings.